The minimum Gasteiger partial charge on any atom is -0.324 e. The normalized spacial score (nSPS) is 27.9. The van der Waals surface area contributed by atoms with Crippen molar-refractivity contribution in [1.82, 2.24) is 4.90 Å². The highest BCUT2D eigenvalue weighted by molar-refractivity contribution is 6.36. The van der Waals surface area contributed by atoms with Gasteiger partial charge in [0, 0.05) is 10.7 Å². The van der Waals surface area contributed by atoms with Crippen molar-refractivity contribution in [1.29, 1.82) is 0 Å². The number of carbonyl (C=O) groups excluding carboxylic acids is 3. The van der Waals surface area contributed by atoms with Gasteiger partial charge in [0.25, 0.3) is 0 Å². The number of halogens is 3. The summed E-state index contributed by atoms with van der Waals surface area (Å²) in [6.07, 6.45) is 0. The smallest absolute Gasteiger partial charge is 0.244 e. The molecule has 4 aliphatic rings. The Bertz CT molecular complexity index is 1330. The average Bonchev–Trinajstić information content (AvgIpc) is 3.10. The van der Waals surface area contributed by atoms with Crippen LogP contribution in [0.2, 0.25) is 5.02 Å². The molecule has 1 saturated heterocycles. The number of aryl methyl sites for hydroxylation is 1. The van der Waals surface area contributed by atoms with Crippen LogP contribution in [0.25, 0.3) is 0 Å². The van der Waals surface area contributed by atoms with E-state index in [1.165, 1.54) is 0 Å². The van der Waals surface area contributed by atoms with E-state index in [4.69, 9.17) is 34.8 Å². The molecule has 176 valence electrons. The lowest BCUT2D eigenvalue weighted by atomic mass is 9.54. The third-order valence-corrected chi connectivity index (χ3v) is 8.97. The molecule has 5 nitrogen and oxygen atoms in total. The van der Waals surface area contributed by atoms with E-state index in [1.807, 2.05) is 55.5 Å². The summed E-state index contributed by atoms with van der Waals surface area (Å²) in [4.78, 5) is 39.0. The van der Waals surface area contributed by atoms with Gasteiger partial charge in [-0.1, -0.05) is 66.2 Å². The van der Waals surface area contributed by atoms with Crippen LogP contribution in [0.3, 0.4) is 0 Å². The molecule has 0 saturated carbocycles. The van der Waals surface area contributed by atoms with Crippen molar-refractivity contribution in [2.75, 3.05) is 11.9 Å². The van der Waals surface area contributed by atoms with Crippen LogP contribution in [0.4, 0.5) is 5.69 Å². The van der Waals surface area contributed by atoms with Crippen LogP contribution < -0.4 is 5.32 Å². The van der Waals surface area contributed by atoms with Crippen molar-refractivity contribution < 1.29 is 14.4 Å². The first-order chi connectivity index (χ1) is 16.7. The molecule has 0 radical (unpaired) electrons. The first-order valence-electron chi connectivity index (χ1n) is 11.2. The fraction of sp³-hybridized carbons (Fsp3) is 0.222. The Morgan fingerprint density at radius 3 is 1.77 bits per heavy atom. The van der Waals surface area contributed by atoms with Crippen molar-refractivity contribution in [3.8, 4) is 0 Å². The van der Waals surface area contributed by atoms with Gasteiger partial charge < -0.3 is 5.32 Å². The minimum absolute atomic E-state index is 0.441. The SMILES string of the molecule is Cc1ccc(Cl)cc1NC(=O)CN1C(=O)[C@@H]2[C@@H](C1=O)C1(Cl)c3ccccc3C2(Cl)c2ccccc21. The van der Waals surface area contributed by atoms with E-state index in [9.17, 15) is 14.4 Å². The Morgan fingerprint density at radius 2 is 1.31 bits per heavy atom. The zero-order valence-corrected chi connectivity index (χ0v) is 20.8. The Morgan fingerprint density at radius 1 is 0.857 bits per heavy atom. The number of likely N-dealkylation sites (tertiary alicyclic amines) is 1. The van der Waals surface area contributed by atoms with E-state index >= 15 is 0 Å². The van der Waals surface area contributed by atoms with Crippen LogP contribution in [0.1, 0.15) is 27.8 Å². The summed E-state index contributed by atoms with van der Waals surface area (Å²) in [5, 5.41) is 3.22. The lowest BCUT2D eigenvalue weighted by molar-refractivity contribution is -0.142. The molecule has 1 N–H and O–H groups in total. The number of alkyl halides is 2. The van der Waals surface area contributed by atoms with Crippen LogP contribution >= 0.6 is 34.8 Å². The van der Waals surface area contributed by atoms with E-state index in [1.54, 1.807) is 18.2 Å². The molecular weight excluding hydrogens is 507 g/mol. The molecule has 1 aliphatic heterocycles. The number of hydrogen-bond donors (Lipinski definition) is 1. The number of anilines is 1. The third kappa shape index (κ3) is 2.86. The topological polar surface area (TPSA) is 66.5 Å². The molecule has 1 fully saturated rings. The predicted molar refractivity (Wildman–Crippen MR) is 135 cm³/mol. The standard InChI is InChI=1S/C27H19Cl3N2O3/c1-14-10-11-15(28)12-20(14)31-21(33)13-32-24(34)22-23(25(32)35)27(30)17-7-3-2-6-16(17)26(22,29)18-8-4-5-9-19(18)27/h2-12,22-23H,13H2,1H3,(H,31,33)/t22-,23-,26?,27?/m0/s1. The summed E-state index contributed by atoms with van der Waals surface area (Å²) < 4.78 is 0. The Labute approximate surface area is 217 Å². The molecule has 3 aromatic rings. The summed E-state index contributed by atoms with van der Waals surface area (Å²) >= 11 is 20.8. The number of carbonyl (C=O) groups is 3. The summed E-state index contributed by atoms with van der Waals surface area (Å²) in [7, 11) is 0. The van der Waals surface area contributed by atoms with Crippen molar-refractivity contribution in [3.63, 3.8) is 0 Å². The summed E-state index contributed by atoms with van der Waals surface area (Å²) in [6.45, 7) is 1.39. The zero-order valence-electron chi connectivity index (χ0n) is 18.5. The minimum atomic E-state index is -1.27. The largest absolute Gasteiger partial charge is 0.324 e. The van der Waals surface area contributed by atoms with Gasteiger partial charge in [-0.25, -0.2) is 0 Å². The number of amides is 3. The van der Waals surface area contributed by atoms with E-state index in [0.29, 0.717) is 10.7 Å². The number of hydrogen-bond acceptors (Lipinski definition) is 3. The van der Waals surface area contributed by atoms with Gasteiger partial charge in [-0.3, -0.25) is 19.3 Å². The number of imide groups is 1. The highest BCUT2D eigenvalue weighted by Gasteiger charge is 2.73. The molecule has 3 aromatic carbocycles. The predicted octanol–water partition coefficient (Wildman–Crippen LogP) is 5.18. The maximum absolute atomic E-state index is 13.8. The van der Waals surface area contributed by atoms with Crippen molar-refractivity contribution in [2.45, 2.75) is 16.7 Å². The molecule has 3 amide bonds. The van der Waals surface area contributed by atoms with Crippen LogP contribution in [0, 0.1) is 18.8 Å². The second-order valence-corrected chi connectivity index (χ2v) is 10.9. The van der Waals surface area contributed by atoms with Crippen LogP contribution in [-0.4, -0.2) is 29.2 Å². The molecule has 0 unspecified atom stereocenters. The van der Waals surface area contributed by atoms with Crippen molar-refractivity contribution in [2.24, 2.45) is 11.8 Å². The molecule has 8 heteroatoms. The molecular formula is C27H19Cl3N2O3. The monoisotopic (exact) mass is 524 g/mol. The van der Waals surface area contributed by atoms with Crippen LogP contribution in [0.5, 0.6) is 0 Å². The highest BCUT2D eigenvalue weighted by Crippen LogP contribution is 2.69. The van der Waals surface area contributed by atoms with Gasteiger partial charge in [0.2, 0.25) is 17.7 Å². The van der Waals surface area contributed by atoms with Gasteiger partial charge in [-0.05, 0) is 46.9 Å². The maximum atomic E-state index is 13.8. The van der Waals surface area contributed by atoms with E-state index in [2.05, 4.69) is 5.32 Å². The molecule has 0 spiro atoms. The third-order valence-electron chi connectivity index (χ3n) is 7.45. The molecule has 3 aliphatic carbocycles. The lowest BCUT2D eigenvalue weighted by Gasteiger charge is -2.54. The van der Waals surface area contributed by atoms with Gasteiger partial charge in [0.1, 0.15) is 16.3 Å². The molecule has 2 bridgehead atoms. The lowest BCUT2D eigenvalue weighted by Crippen LogP contribution is -2.57. The van der Waals surface area contributed by atoms with E-state index in [-0.39, 0.29) is 0 Å². The number of rotatable bonds is 3. The zero-order chi connectivity index (χ0) is 24.7. The van der Waals surface area contributed by atoms with E-state index < -0.39 is 45.9 Å². The van der Waals surface area contributed by atoms with Crippen molar-refractivity contribution >= 4 is 58.2 Å². The Balaban J connectivity index is 1.42. The summed E-state index contributed by atoms with van der Waals surface area (Å²) in [5.74, 6) is -3.37. The van der Waals surface area contributed by atoms with Crippen LogP contribution in [-0.2, 0) is 24.1 Å². The second kappa shape index (κ2) is 7.57. The highest BCUT2D eigenvalue weighted by atomic mass is 35.5. The Hall–Kier alpha value is -2.86. The first-order valence-corrected chi connectivity index (χ1v) is 12.3. The maximum Gasteiger partial charge on any atom is 0.244 e. The van der Waals surface area contributed by atoms with Crippen molar-refractivity contribution in [3.05, 3.63) is 99.6 Å². The molecule has 35 heavy (non-hydrogen) atoms. The van der Waals surface area contributed by atoms with Gasteiger partial charge >= 0.3 is 0 Å². The second-order valence-electron chi connectivity index (χ2n) is 9.24. The number of nitrogens with zero attached hydrogens (tertiary/aromatic N) is 1. The summed E-state index contributed by atoms with van der Waals surface area (Å²) in [5.41, 5.74) is 4.20. The summed E-state index contributed by atoms with van der Waals surface area (Å²) in [6, 6.07) is 20.0. The van der Waals surface area contributed by atoms with Crippen LogP contribution in [0.15, 0.2) is 66.7 Å². The fourth-order valence-corrected chi connectivity index (χ4v) is 7.21. The van der Waals surface area contributed by atoms with Gasteiger partial charge in [0.05, 0.1) is 11.8 Å². The number of nitrogens with one attached hydrogen (secondary N) is 1. The van der Waals surface area contributed by atoms with Gasteiger partial charge in [0.15, 0.2) is 0 Å². The first kappa shape index (κ1) is 22.6. The quantitative estimate of drug-likeness (QED) is 0.378. The van der Waals surface area contributed by atoms with Gasteiger partial charge in [-0.15, -0.1) is 23.2 Å². The molecule has 7 rings (SSSR count). The van der Waals surface area contributed by atoms with E-state index in [0.717, 1.165) is 32.7 Å². The van der Waals surface area contributed by atoms with Gasteiger partial charge in [-0.2, -0.15) is 0 Å². The molecule has 0 aromatic heterocycles. The number of benzene rings is 3. The molecule has 2 atom stereocenters. The fourth-order valence-electron chi connectivity index (χ4n) is 5.94. The molecule has 1 heterocycles. The average molecular weight is 526 g/mol. The Kier molecular flexibility index (Phi) is 4.89.